The molecule has 6 amide bonds. The molecule has 6 aromatic rings. The van der Waals surface area contributed by atoms with Gasteiger partial charge in [-0.25, -0.2) is 9.59 Å². The Balaban J connectivity index is 0.000000205. The summed E-state index contributed by atoms with van der Waals surface area (Å²) in [5.41, 5.74) is 22.7. The van der Waals surface area contributed by atoms with Crippen LogP contribution in [0.25, 0.3) is 11.1 Å². The molecule has 10 N–H and O–H groups in total. The van der Waals surface area contributed by atoms with Crippen LogP contribution >= 0.6 is 0 Å². The number of nitrogens with one attached hydrogen (secondary N) is 6. The van der Waals surface area contributed by atoms with Crippen molar-refractivity contribution < 1.29 is 47.7 Å². The van der Waals surface area contributed by atoms with E-state index in [4.69, 9.17) is 64.9 Å². The number of carbonyl (C=O) groups excluding carboxylic acids is 6. The fourth-order valence-electron chi connectivity index (χ4n) is 14.2. The van der Waals surface area contributed by atoms with E-state index in [2.05, 4.69) is 44.4 Å². The molecule has 0 unspecified atom stereocenters. The van der Waals surface area contributed by atoms with E-state index in [1.807, 2.05) is 46.2 Å². The lowest BCUT2D eigenvalue weighted by Gasteiger charge is -2.29. The number of carbonyl (C=O) groups is 6. The summed E-state index contributed by atoms with van der Waals surface area (Å²) in [6, 6.07) is 35.6. The van der Waals surface area contributed by atoms with Crippen LogP contribution in [0.5, 0.6) is 11.5 Å². The maximum atomic E-state index is 14.0. The molecule has 2 atom stereocenters. The first-order valence-electron chi connectivity index (χ1n) is 33.6. The minimum Gasteiger partial charge on any atom is -0.495 e. The number of nitrogens with two attached hydrogens (primary N) is 2. The number of likely N-dealkylation sites (tertiary alicyclic amines) is 2. The van der Waals surface area contributed by atoms with Gasteiger partial charge < -0.3 is 60.6 Å². The number of terminal acetylenes is 2. The second-order valence-corrected chi connectivity index (χ2v) is 26.0. The third-order valence-corrected chi connectivity index (χ3v) is 20.1. The summed E-state index contributed by atoms with van der Waals surface area (Å²) in [4.78, 5) is 88.9. The van der Waals surface area contributed by atoms with Crippen molar-refractivity contribution in [1.29, 1.82) is 21.6 Å². The SMILES string of the molecule is C#Cc1cc(C(=N)c2cc(N3CC[C@]4(CCN(CC(=O)N5CC=C(c6ccc(C(=N)OC(=O)NC)cc6)CC5)C4)C3=O)ccc2N)ccc1OC.C#Cc1ccc(C(=N)c2cc(N3CC[C@]4(CCN(CC(=O)N5CC=C(c6ccc(C(=N)OC(=O)NC)cc6)CC5)C4)C3=O)ccc2N)cc1OC. The van der Waals surface area contributed by atoms with Gasteiger partial charge in [-0.2, -0.15) is 0 Å². The Kier molecular flexibility index (Phi) is 21.5. The van der Waals surface area contributed by atoms with Gasteiger partial charge in [0.15, 0.2) is 0 Å². The van der Waals surface area contributed by atoms with Gasteiger partial charge in [0, 0.05) is 123 Å². The predicted molar refractivity (Wildman–Crippen MR) is 392 cm³/mol. The number of anilines is 4. The van der Waals surface area contributed by atoms with Crippen LogP contribution in [0.15, 0.2) is 133 Å². The number of rotatable bonds is 16. The zero-order chi connectivity index (χ0) is 72.6. The monoisotopic (exact) mass is 1370 g/mol. The maximum absolute atomic E-state index is 14.0. The molecule has 24 heteroatoms. The molecular formula is C78H82N14O10. The summed E-state index contributed by atoms with van der Waals surface area (Å²) in [6.07, 6.45) is 18.1. The fraction of sp³-hybridized carbons (Fsp3) is 0.308. The number of hydrogen-bond acceptors (Lipinski definition) is 18. The van der Waals surface area contributed by atoms with Crippen molar-refractivity contribution in [3.05, 3.63) is 189 Å². The van der Waals surface area contributed by atoms with Gasteiger partial charge in [-0.05, 0) is 165 Å². The molecule has 6 heterocycles. The molecule has 4 saturated heterocycles. The highest BCUT2D eigenvalue weighted by molar-refractivity contribution is 6.16. The number of nitrogens with zero attached hydrogens (tertiary/aromatic N) is 6. The molecule has 6 aliphatic heterocycles. The van der Waals surface area contributed by atoms with Crippen molar-refractivity contribution >= 4 is 92.9 Å². The molecule has 4 fully saturated rings. The standard InChI is InChI=1S/2C39H41N7O5/c1-4-25-5-10-29(21-33(25)50-3)35(41)31-22-30(11-12-32(31)40)46-20-16-39(37(46)48)15-19-44(24-39)23-34(47)45-17-13-27(14-18-45)26-6-8-28(9-7-26)36(42)51-38(49)43-2;1-4-25-21-29(9-12-33(25)50-3)35(41)31-22-30(10-11-32(31)40)46-20-16-39(37(46)48)15-19-44(24-39)23-34(47)45-17-13-27(14-18-45)26-5-7-28(8-6-26)36(42)51-38(49)43-2/h2*1,5-13,21-22,41-42H,14-20,23-24,40H2,2-3H3,(H,43,49)/t2*39-/m00/s1. The highest BCUT2D eigenvalue weighted by Gasteiger charge is 2.53. The van der Waals surface area contributed by atoms with Gasteiger partial charge in [-0.3, -0.25) is 50.6 Å². The number of methoxy groups -OCH3 is 2. The van der Waals surface area contributed by atoms with Gasteiger partial charge in [0.2, 0.25) is 35.4 Å². The van der Waals surface area contributed by atoms with Gasteiger partial charge >= 0.3 is 12.2 Å². The summed E-state index contributed by atoms with van der Waals surface area (Å²) in [5, 5.41) is 38.4. The summed E-state index contributed by atoms with van der Waals surface area (Å²) < 4.78 is 20.5. The number of nitrogen functional groups attached to an aromatic ring is 2. The lowest BCUT2D eigenvalue weighted by molar-refractivity contribution is -0.133. The molecule has 0 saturated carbocycles. The molecule has 524 valence electrons. The van der Waals surface area contributed by atoms with E-state index in [1.165, 1.54) is 21.2 Å². The van der Waals surface area contributed by atoms with Crippen LogP contribution in [0.3, 0.4) is 0 Å². The van der Waals surface area contributed by atoms with E-state index >= 15 is 0 Å². The van der Waals surface area contributed by atoms with E-state index < -0.39 is 23.0 Å². The van der Waals surface area contributed by atoms with Crippen LogP contribution in [0.1, 0.15) is 94.2 Å². The van der Waals surface area contributed by atoms with Gasteiger partial charge in [0.25, 0.3) is 0 Å². The van der Waals surface area contributed by atoms with E-state index in [1.54, 1.807) is 102 Å². The largest absolute Gasteiger partial charge is 0.495 e. The van der Waals surface area contributed by atoms with Crippen molar-refractivity contribution in [2.24, 2.45) is 10.8 Å². The number of benzene rings is 6. The smallest absolute Gasteiger partial charge is 0.413 e. The average Bonchev–Trinajstić information content (AvgIpc) is 1.16. The summed E-state index contributed by atoms with van der Waals surface area (Å²) in [7, 11) is 5.94. The number of ether oxygens (including phenoxy) is 4. The van der Waals surface area contributed by atoms with Gasteiger partial charge in [-0.15, -0.1) is 12.8 Å². The number of amides is 6. The Hall–Kier alpha value is -11.9. The average molecular weight is 1380 g/mol. The minimum absolute atomic E-state index is 0.0330. The summed E-state index contributed by atoms with van der Waals surface area (Å²) >= 11 is 0. The molecule has 0 aromatic heterocycles. The van der Waals surface area contributed by atoms with Crippen molar-refractivity contribution in [3.63, 3.8) is 0 Å². The van der Waals surface area contributed by atoms with Gasteiger partial charge in [0.1, 0.15) is 11.5 Å². The fourth-order valence-corrected chi connectivity index (χ4v) is 14.2. The lowest BCUT2D eigenvalue weighted by Crippen LogP contribution is -2.43. The Labute approximate surface area is 592 Å². The van der Waals surface area contributed by atoms with E-state index in [-0.39, 0.29) is 59.9 Å². The van der Waals surface area contributed by atoms with Gasteiger partial charge in [0.05, 0.1) is 60.7 Å². The lowest BCUT2D eigenvalue weighted by atomic mass is 9.85. The molecule has 12 rings (SSSR count). The molecule has 6 aliphatic rings. The van der Waals surface area contributed by atoms with Crippen LogP contribution in [-0.2, 0) is 28.7 Å². The molecule has 24 nitrogen and oxygen atoms in total. The predicted octanol–water partition coefficient (Wildman–Crippen LogP) is 8.20. The van der Waals surface area contributed by atoms with Crippen molar-refractivity contribution in [2.45, 2.75) is 38.5 Å². The molecular weight excluding hydrogens is 1290 g/mol. The Bertz CT molecular complexity index is 4530. The molecule has 6 aromatic carbocycles. The number of alkyl carbamates (subject to hydrolysis) is 2. The Morgan fingerprint density at radius 2 is 0.922 bits per heavy atom. The normalized spacial score (nSPS) is 18.7. The van der Waals surface area contributed by atoms with Crippen LogP contribution in [0.2, 0.25) is 0 Å². The molecule has 0 bridgehead atoms. The first kappa shape index (κ1) is 71.4. The van der Waals surface area contributed by atoms with E-state index in [0.29, 0.717) is 183 Å². The molecule has 0 aliphatic carbocycles. The molecule has 2 spiro atoms. The Morgan fingerprint density at radius 3 is 1.32 bits per heavy atom. The Morgan fingerprint density at radius 1 is 0.510 bits per heavy atom. The van der Waals surface area contributed by atoms with Crippen LogP contribution in [-0.4, -0.2) is 185 Å². The third kappa shape index (κ3) is 15.2. The van der Waals surface area contributed by atoms with Gasteiger partial charge in [-0.1, -0.05) is 54.3 Å². The van der Waals surface area contributed by atoms with Crippen LogP contribution in [0, 0.1) is 57.2 Å². The van der Waals surface area contributed by atoms with E-state index in [0.717, 1.165) is 22.3 Å². The minimum atomic E-state index is -0.692. The van der Waals surface area contributed by atoms with Crippen LogP contribution in [0.4, 0.5) is 32.3 Å². The van der Waals surface area contributed by atoms with Crippen LogP contribution < -0.4 is 41.4 Å². The van der Waals surface area contributed by atoms with E-state index in [9.17, 15) is 28.8 Å². The second kappa shape index (κ2) is 30.7. The van der Waals surface area contributed by atoms with Crippen molar-refractivity contribution in [3.8, 4) is 36.2 Å². The zero-order valence-corrected chi connectivity index (χ0v) is 57.5. The first-order valence-corrected chi connectivity index (χ1v) is 33.6. The van der Waals surface area contributed by atoms with Crippen molar-refractivity contribution in [1.82, 2.24) is 30.2 Å². The second-order valence-electron chi connectivity index (χ2n) is 26.0. The summed E-state index contributed by atoms with van der Waals surface area (Å²) in [6.45, 7) is 6.13. The third-order valence-electron chi connectivity index (χ3n) is 20.1. The van der Waals surface area contributed by atoms with Crippen molar-refractivity contribution in [2.75, 3.05) is 128 Å². The highest BCUT2D eigenvalue weighted by atomic mass is 16.6. The zero-order valence-electron chi connectivity index (χ0n) is 57.5. The first-order chi connectivity index (χ1) is 49.1. The summed E-state index contributed by atoms with van der Waals surface area (Å²) in [5.74, 6) is 5.90. The number of hydrogen-bond donors (Lipinski definition) is 8. The maximum Gasteiger partial charge on any atom is 0.413 e. The molecule has 0 radical (unpaired) electrons. The quantitative estimate of drug-likeness (QED) is 0.0196. The highest BCUT2D eigenvalue weighted by Crippen LogP contribution is 2.45. The topological polar surface area (TPSA) is 330 Å². The molecule has 102 heavy (non-hydrogen) atoms.